The minimum Gasteiger partial charge on any atom is -0.458 e. The molecule has 0 bridgehead atoms. The Bertz CT molecular complexity index is 846. The molecule has 0 aliphatic carbocycles. The summed E-state index contributed by atoms with van der Waals surface area (Å²) in [5.41, 5.74) is -7.60. The summed E-state index contributed by atoms with van der Waals surface area (Å²) in [4.78, 5) is 26.6. The Morgan fingerprint density at radius 1 is 0.939 bits per heavy atom. The van der Waals surface area contributed by atoms with Crippen molar-refractivity contribution in [2.45, 2.75) is 89.6 Å². The molecule has 2 rings (SSSR count). The lowest BCUT2D eigenvalue weighted by molar-refractivity contribution is -0.228. The first-order valence-corrected chi connectivity index (χ1v) is 10.5. The molecule has 2 unspecified atom stereocenters. The zero-order valence-corrected chi connectivity index (χ0v) is 19.8. The highest BCUT2D eigenvalue weighted by atomic mass is 19.4. The Labute approximate surface area is 190 Å². The minimum absolute atomic E-state index is 0.129. The summed E-state index contributed by atoms with van der Waals surface area (Å²) in [6, 6.07) is 2.98. The fourth-order valence-corrected chi connectivity index (χ4v) is 3.45. The van der Waals surface area contributed by atoms with E-state index < -0.39 is 52.3 Å². The molecule has 0 saturated carbocycles. The van der Waals surface area contributed by atoms with E-state index in [1.165, 1.54) is 0 Å². The predicted octanol–water partition coefficient (Wildman–Crippen LogP) is 4.97. The number of carbonyl (C=O) groups is 2. The summed E-state index contributed by atoms with van der Waals surface area (Å²) in [6.07, 6.45) is -6.24. The third kappa shape index (κ3) is 6.16. The van der Waals surface area contributed by atoms with Crippen molar-refractivity contribution < 1.29 is 41.7 Å². The summed E-state index contributed by atoms with van der Waals surface area (Å²) in [6.45, 7) is 9.92. The molecule has 1 aliphatic heterocycles. The smallest absolute Gasteiger partial charge is 0.426 e. The molecule has 3 atom stereocenters. The summed E-state index contributed by atoms with van der Waals surface area (Å²) in [5, 5.41) is 11.3. The van der Waals surface area contributed by atoms with Crippen LogP contribution in [0.3, 0.4) is 0 Å². The average Bonchev–Trinajstić information content (AvgIpc) is 2.98. The Hall–Kier alpha value is -2.36. The van der Waals surface area contributed by atoms with E-state index in [1.54, 1.807) is 41.5 Å². The van der Waals surface area contributed by atoms with E-state index in [0.29, 0.717) is 6.92 Å². The van der Waals surface area contributed by atoms with Crippen LogP contribution in [0.5, 0.6) is 0 Å². The van der Waals surface area contributed by atoms with Crippen LogP contribution < -0.4 is 0 Å². The van der Waals surface area contributed by atoms with Crippen molar-refractivity contribution in [3.05, 3.63) is 35.4 Å². The number of hydrogen-bond acceptors (Lipinski definition) is 5. The van der Waals surface area contributed by atoms with Gasteiger partial charge in [-0.15, -0.1) is 0 Å². The number of nitrogens with zero attached hydrogens (tertiary/aromatic N) is 1. The number of amides is 1. The van der Waals surface area contributed by atoms with Gasteiger partial charge in [-0.1, -0.05) is 24.3 Å². The van der Waals surface area contributed by atoms with Gasteiger partial charge in [0, 0.05) is 6.42 Å². The minimum atomic E-state index is -5.12. The maximum atomic E-state index is 14.3. The first-order chi connectivity index (χ1) is 14.7. The van der Waals surface area contributed by atoms with Crippen LogP contribution in [0.1, 0.15) is 66.0 Å². The van der Waals surface area contributed by atoms with Gasteiger partial charge in [-0.2, -0.15) is 13.2 Å². The summed E-state index contributed by atoms with van der Waals surface area (Å²) < 4.78 is 64.0. The summed E-state index contributed by atoms with van der Waals surface area (Å²) in [5.74, 6) is -0.755. The van der Waals surface area contributed by atoms with Gasteiger partial charge in [-0.3, -0.25) is 4.90 Å². The van der Waals surface area contributed by atoms with Crippen molar-refractivity contribution in [2.24, 2.45) is 0 Å². The van der Waals surface area contributed by atoms with Crippen molar-refractivity contribution >= 4 is 12.1 Å². The van der Waals surface area contributed by atoms with E-state index in [-0.39, 0.29) is 18.5 Å². The van der Waals surface area contributed by atoms with Gasteiger partial charge < -0.3 is 14.6 Å². The number of benzene rings is 1. The maximum Gasteiger partial charge on any atom is 0.426 e. The topological polar surface area (TPSA) is 76.1 Å². The number of rotatable bonds is 3. The molecule has 0 radical (unpaired) electrons. The molecular weight excluding hydrogens is 446 g/mol. The Balaban J connectivity index is 2.39. The molecule has 1 N–H and O–H groups in total. The molecule has 1 aliphatic rings. The van der Waals surface area contributed by atoms with Crippen molar-refractivity contribution in [3.63, 3.8) is 0 Å². The summed E-state index contributed by atoms with van der Waals surface area (Å²) in [7, 11) is 0. The second-order valence-corrected chi connectivity index (χ2v) is 10.5. The van der Waals surface area contributed by atoms with Gasteiger partial charge in [0.1, 0.15) is 22.8 Å². The normalized spacial score (nSPS) is 23.8. The van der Waals surface area contributed by atoms with Gasteiger partial charge in [-0.25, -0.2) is 14.0 Å². The van der Waals surface area contributed by atoms with Crippen molar-refractivity contribution in [3.8, 4) is 0 Å². The van der Waals surface area contributed by atoms with Gasteiger partial charge in [0.25, 0.3) is 0 Å². The number of β-amino-alcohol motifs (C(OH)–C–C–N with tert-alkyl or cyclic N) is 1. The van der Waals surface area contributed by atoms with Crippen LogP contribution in [0.25, 0.3) is 0 Å². The molecule has 0 aromatic heterocycles. The third-order valence-corrected chi connectivity index (χ3v) is 5.14. The first-order valence-electron chi connectivity index (χ1n) is 10.5. The highest BCUT2D eigenvalue weighted by Gasteiger charge is 2.54. The zero-order chi connectivity index (χ0) is 25.6. The standard InChI is InChI=1S/C23H31F4NO5/c1-19(2,3)32-17(29)16-12-22(31,13-28(16)18(30)33-20(4,5)6)15-10-8-14(9-11-15)21(7,24)23(25,26)27/h8-11,16,31H,12-13H2,1-7H3/t16-,21?,22?/m0/s1. The fourth-order valence-electron chi connectivity index (χ4n) is 3.45. The molecule has 6 nitrogen and oxygen atoms in total. The second kappa shape index (κ2) is 8.45. The van der Waals surface area contributed by atoms with E-state index in [0.717, 1.165) is 29.2 Å². The molecule has 1 heterocycles. The van der Waals surface area contributed by atoms with Gasteiger partial charge in [-0.05, 0) is 59.6 Å². The number of likely N-dealkylation sites (tertiary alicyclic amines) is 1. The van der Waals surface area contributed by atoms with E-state index >= 15 is 0 Å². The van der Waals surface area contributed by atoms with Crippen molar-refractivity contribution in [1.29, 1.82) is 0 Å². The maximum absolute atomic E-state index is 14.3. The Morgan fingerprint density at radius 3 is 1.85 bits per heavy atom. The second-order valence-electron chi connectivity index (χ2n) is 10.5. The molecule has 186 valence electrons. The molecule has 1 fully saturated rings. The van der Waals surface area contributed by atoms with Gasteiger partial charge in [0.2, 0.25) is 5.67 Å². The number of alkyl halides is 4. The van der Waals surface area contributed by atoms with Crippen molar-refractivity contribution in [2.75, 3.05) is 6.54 Å². The van der Waals surface area contributed by atoms with Crippen molar-refractivity contribution in [1.82, 2.24) is 4.90 Å². The quantitative estimate of drug-likeness (QED) is 0.491. The lowest BCUT2D eigenvalue weighted by Crippen LogP contribution is -2.45. The van der Waals surface area contributed by atoms with E-state index in [9.17, 15) is 32.3 Å². The third-order valence-electron chi connectivity index (χ3n) is 5.14. The molecule has 0 spiro atoms. The van der Waals surface area contributed by atoms with E-state index in [2.05, 4.69) is 0 Å². The van der Waals surface area contributed by atoms with E-state index in [1.807, 2.05) is 0 Å². The number of carbonyl (C=O) groups excluding carboxylic acids is 2. The van der Waals surface area contributed by atoms with Gasteiger partial charge >= 0.3 is 18.2 Å². The number of esters is 1. The van der Waals surface area contributed by atoms with Crippen LogP contribution in [0.4, 0.5) is 22.4 Å². The number of halogens is 4. The number of hydrogen-bond donors (Lipinski definition) is 1. The fraction of sp³-hybridized carbons (Fsp3) is 0.652. The number of aliphatic hydroxyl groups is 1. The SMILES string of the molecule is CC(C)(C)OC(=O)[C@@H]1CC(O)(c2ccc(C(C)(F)C(F)(F)F)cc2)CN1C(=O)OC(C)(C)C. The molecule has 10 heteroatoms. The van der Waals surface area contributed by atoms with Crippen LogP contribution in [-0.4, -0.2) is 52.0 Å². The lowest BCUT2D eigenvalue weighted by atomic mass is 9.88. The monoisotopic (exact) mass is 477 g/mol. The van der Waals surface area contributed by atoms with Gasteiger partial charge in [0.05, 0.1) is 6.54 Å². The van der Waals surface area contributed by atoms with Crippen LogP contribution >= 0.6 is 0 Å². The molecule has 33 heavy (non-hydrogen) atoms. The molecule has 1 aromatic rings. The van der Waals surface area contributed by atoms with Crippen LogP contribution in [0.15, 0.2) is 24.3 Å². The highest BCUT2D eigenvalue weighted by Crippen LogP contribution is 2.43. The van der Waals surface area contributed by atoms with Crippen LogP contribution in [-0.2, 0) is 25.5 Å². The predicted molar refractivity (Wildman–Crippen MR) is 112 cm³/mol. The van der Waals surface area contributed by atoms with Crippen LogP contribution in [0, 0.1) is 0 Å². The summed E-state index contributed by atoms with van der Waals surface area (Å²) >= 11 is 0. The Kier molecular flexibility index (Phi) is 6.89. The lowest BCUT2D eigenvalue weighted by Gasteiger charge is -2.29. The molecule has 1 saturated heterocycles. The highest BCUT2D eigenvalue weighted by molar-refractivity contribution is 5.83. The molecular formula is C23H31F4NO5. The first kappa shape index (κ1) is 26.9. The molecule has 1 amide bonds. The zero-order valence-electron chi connectivity index (χ0n) is 19.8. The number of ether oxygens (including phenoxy) is 2. The largest absolute Gasteiger partial charge is 0.458 e. The van der Waals surface area contributed by atoms with Gasteiger partial charge in [0.15, 0.2) is 0 Å². The molecule has 1 aromatic carbocycles. The Morgan fingerprint density at radius 2 is 1.42 bits per heavy atom. The van der Waals surface area contributed by atoms with E-state index in [4.69, 9.17) is 9.47 Å². The van der Waals surface area contributed by atoms with Crippen LogP contribution in [0.2, 0.25) is 0 Å². The average molecular weight is 477 g/mol.